The third-order valence-electron chi connectivity index (χ3n) is 3.54. The van der Waals surface area contributed by atoms with E-state index in [0.29, 0.717) is 0 Å². The Kier molecular flexibility index (Phi) is 2.87. The molecule has 1 unspecified atom stereocenters. The van der Waals surface area contributed by atoms with Crippen LogP contribution in [0, 0.1) is 6.92 Å². The SMILES string of the molecule is Cc1cc(NC2C=CN(C)N2C)c2ncccc2c1. The first kappa shape index (κ1) is 12.0. The van der Waals surface area contributed by atoms with E-state index < -0.39 is 0 Å². The Morgan fingerprint density at radius 1 is 1.26 bits per heavy atom. The predicted molar refractivity (Wildman–Crippen MR) is 78.6 cm³/mol. The lowest BCUT2D eigenvalue weighted by Gasteiger charge is -2.28. The maximum Gasteiger partial charge on any atom is 0.118 e. The van der Waals surface area contributed by atoms with Gasteiger partial charge in [-0.15, -0.1) is 0 Å². The van der Waals surface area contributed by atoms with Gasteiger partial charge in [0.1, 0.15) is 6.17 Å². The number of nitrogens with one attached hydrogen (secondary N) is 1. The quantitative estimate of drug-likeness (QED) is 0.892. The minimum absolute atomic E-state index is 0.164. The monoisotopic (exact) mass is 254 g/mol. The van der Waals surface area contributed by atoms with Crippen LogP contribution >= 0.6 is 0 Å². The predicted octanol–water partition coefficient (Wildman–Crippen LogP) is 2.59. The highest BCUT2D eigenvalue weighted by molar-refractivity contribution is 5.91. The zero-order valence-corrected chi connectivity index (χ0v) is 11.5. The summed E-state index contributed by atoms with van der Waals surface area (Å²) in [6, 6.07) is 8.38. The van der Waals surface area contributed by atoms with Gasteiger partial charge in [0.05, 0.1) is 11.2 Å². The molecule has 0 bridgehead atoms. The average Bonchev–Trinajstić information content (AvgIpc) is 2.70. The van der Waals surface area contributed by atoms with Gasteiger partial charge in [-0.25, -0.2) is 0 Å². The molecule has 2 heterocycles. The second kappa shape index (κ2) is 4.55. The molecule has 1 aliphatic heterocycles. The van der Waals surface area contributed by atoms with Crippen molar-refractivity contribution < 1.29 is 0 Å². The standard InChI is InChI=1S/C15H18N4/c1-11-9-12-5-4-7-16-15(12)13(10-11)17-14-6-8-18(2)19(14)3/h4-10,14,17H,1-3H3. The minimum Gasteiger partial charge on any atom is -0.363 e. The summed E-state index contributed by atoms with van der Waals surface area (Å²) in [4.78, 5) is 4.49. The summed E-state index contributed by atoms with van der Waals surface area (Å²) in [5, 5.41) is 8.90. The number of fused-ring (bicyclic) bond motifs is 1. The third kappa shape index (κ3) is 2.15. The van der Waals surface area contributed by atoms with Crippen molar-refractivity contribution in [3.8, 4) is 0 Å². The van der Waals surface area contributed by atoms with Gasteiger partial charge in [-0.1, -0.05) is 6.07 Å². The smallest absolute Gasteiger partial charge is 0.118 e. The molecular formula is C15H18N4. The summed E-state index contributed by atoms with van der Waals surface area (Å²) in [7, 11) is 4.09. The van der Waals surface area contributed by atoms with Gasteiger partial charge >= 0.3 is 0 Å². The fraction of sp³-hybridized carbons (Fsp3) is 0.267. The van der Waals surface area contributed by atoms with Crippen molar-refractivity contribution in [2.45, 2.75) is 13.1 Å². The Labute approximate surface area is 113 Å². The number of anilines is 1. The van der Waals surface area contributed by atoms with Crippen LogP contribution in [0.1, 0.15) is 5.56 Å². The third-order valence-corrected chi connectivity index (χ3v) is 3.54. The summed E-state index contributed by atoms with van der Waals surface area (Å²) in [5.41, 5.74) is 3.33. The molecule has 1 aromatic carbocycles. The highest BCUT2D eigenvalue weighted by Gasteiger charge is 2.20. The first-order valence-electron chi connectivity index (χ1n) is 6.41. The van der Waals surface area contributed by atoms with Crippen molar-refractivity contribution in [2.75, 3.05) is 19.4 Å². The summed E-state index contributed by atoms with van der Waals surface area (Å²) >= 11 is 0. The van der Waals surface area contributed by atoms with E-state index >= 15 is 0 Å². The number of aryl methyl sites for hydroxylation is 1. The molecule has 98 valence electrons. The fourth-order valence-corrected chi connectivity index (χ4v) is 2.39. The molecule has 0 amide bonds. The van der Waals surface area contributed by atoms with Crippen LogP contribution in [-0.4, -0.2) is 35.3 Å². The van der Waals surface area contributed by atoms with E-state index in [0.717, 1.165) is 11.2 Å². The Bertz CT molecular complexity index is 635. The van der Waals surface area contributed by atoms with E-state index in [1.165, 1.54) is 10.9 Å². The molecule has 4 heteroatoms. The van der Waals surface area contributed by atoms with Gasteiger partial charge in [0.15, 0.2) is 0 Å². The number of likely N-dealkylation sites (N-methyl/N-ethyl adjacent to an activating group) is 1. The lowest BCUT2D eigenvalue weighted by Crippen LogP contribution is -2.39. The van der Waals surface area contributed by atoms with Crippen LogP contribution in [0.15, 0.2) is 42.7 Å². The molecule has 4 nitrogen and oxygen atoms in total. The Morgan fingerprint density at radius 2 is 2.11 bits per heavy atom. The number of hydrogen-bond acceptors (Lipinski definition) is 4. The Morgan fingerprint density at radius 3 is 2.84 bits per heavy atom. The van der Waals surface area contributed by atoms with Crippen LogP contribution < -0.4 is 5.32 Å². The van der Waals surface area contributed by atoms with E-state index in [1.54, 1.807) is 0 Å². The lowest BCUT2D eigenvalue weighted by atomic mass is 10.1. The number of rotatable bonds is 2. The fourth-order valence-electron chi connectivity index (χ4n) is 2.39. The first-order chi connectivity index (χ1) is 9.15. The summed E-state index contributed by atoms with van der Waals surface area (Å²) in [6.07, 6.45) is 6.20. The average molecular weight is 254 g/mol. The van der Waals surface area contributed by atoms with Crippen molar-refractivity contribution in [1.82, 2.24) is 15.0 Å². The van der Waals surface area contributed by atoms with E-state index in [1.807, 2.05) is 19.3 Å². The normalized spacial score (nSPS) is 19.3. The topological polar surface area (TPSA) is 31.4 Å². The van der Waals surface area contributed by atoms with Gasteiger partial charge in [-0.3, -0.25) is 4.98 Å². The molecule has 1 atom stereocenters. The molecular weight excluding hydrogens is 236 g/mol. The molecule has 0 saturated carbocycles. The van der Waals surface area contributed by atoms with Gasteiger partial charge < -0.3 is 10.3 Å². The number of nitrogens with zero attached hydrogens (tertiary/aromatic N) is 3. The molecule has 0 fully saturated rings. The number of hydrazine groups is 1. The van der Waals surface area contributed by atoms with Crippen LogP contribution in [0.5, 0.6) is 0 Å². The maximum atomic E-state index is 4.49. The van der Waals surface area contributed by atoms with Crippen molar-refractivity contribution >= 4 is 16.6 Å². The molecule has 19 heavy (non-hydrogen) atoms. The molecule has 1 aromatic heterocycles. The van der Waals surface area contributed by atoms with Gasteiger partial charge in [0.25, 0.3) is 0 Å². The molecule has 0 saturated heterocycles. The Balaban J connectivity index is 1.99. The van der Waals surface area contributed by atoms with Gasteiger partial charge in [-0.2, -0.15) is 5.01 Å². The highest BCUT2D eigenvalue weighted by Crippen LogP contribution is 2.25. The Hall–Kier alpha value is -2.07. The van der Waals surface area contributed by atoms with Crippen molar-refractivity contribution in [1.29, 1.82) is 0 Å². The largest absolute Gasteiger partial charge is 0.363 e. The van der Waals surface area contributed by atoms with Crippen molar-refractivity contribution in [3.05, 3.63) is 48.3 Å². The van der Waals surface area contributed by atoms with E-state index in [2.05, 4.69) is 64.8 Å². The van der Waals surface area contributed by atoms with Gasteiger partial charge in [0, 0.05) is 31.9 Å². The number of pyridine rings is 1. The minimum atomic E-state index is 0.164. The number of aromatic nitrogens is 1. The lowest BCUT2D eigenvalue weighted by molar-refractivity contribution is 0.0843. The van der Waals surface area contributed by atoms with Gasteiger partial charge in [0.2, 0.25) is 0 Å². The van der Waals surface area contributed by atoms with Crippen LogP contribution in [0.3, 0.4) is 0 Å². The van der Waals surface area contributed by atoms with Crippen molar-refractivity contribution in [3.63, 3.8) is 0 Å². The zero-order valence-electron chi connectivity index (χ0n) is 11.5. The molecule has 0 aliphatic carbocycles. The number of hydrogen-bond donors (Lipinski definition) is 1. The summed E-state index contributed by atoms with van der Waals surface area (Å²) in [5.74, 6) is 0. The second-order valence-corrected chi connectivity index (χ2v) is 4.97. The molecule has 3 rings (SSSR count). The maximum absolute atomic E-state index is 4.49. The van der Waals surface area contributed by atoms with Gasteiger partial charge in [-0.05, 0) is 36.8 Å². The van der Waals surface area contributed by atoms with E-state index in [-0.39, 0.29) is 6.17 Å². The van der Waals surface area contributed by atoms with E-state index in [4.69, 9.17) is 0 Å². The first-order valence-corrected chi connectivity index (χ1v) is 6.41. The summed E-state index contributed by atoms with van der Waals surface area (Å²) in [6.45, 7) is 2.11. The highest BCUT2D eigenvalue weighted by atomic mass is 15.6. The number of benzene rings is 1. The van der Waals surface area contributed by atoms with Crippen LogP contribution in [0.4, 0.5) is 5.69 Å². The molecule has 0 radical (unpaired) electrons. The zero-order chi connectivity index (χ0) is 13.4. The van der Waals surface area contributed by atoms with Crippen LogP contribution in [-0.2, 0) is 0 Å². The molecule has 2 aromatic rings. The van der Waals surface area contributed by atoms with Crippen LogP contribution in [0.2, 0.25) is 0 Å². The summed E-state index contributed by atoms with van der Waals surface area (Å²) < 4.78 is 0. The van der Waals surface area contributed by atoms with Crippen molar-refractivity contribution in [2.24, 2.45) is 0 Å². The molecule has 0 spiro atoms. The second-order valence-electron chi connectivity index (χ2n) is 4.97. The van der Waals surface area contributed by atoms with E-state index in [9.17, 15) is 0 Å². The molecule has 1 aliphatic rings. The van der Waals surface area contributed by atoms with Crippen LogP contribution in [0.25, 0.3) is 10.9 Å². The molecule has 1 N–H and O–H groups in total.